The third-order valence-corrected chi connectivity index (χ3v) is 4.54. The van der Waals surface area contributed by atoms with Gasteiger partial charge in [-0.2, -0.15) is 0 Å². The molecule has 0 radical (unpaired) electrons. The van der Waals surface area contributed by atoms with Crippen LogP contribution in [-0.2, 0) is 4.74 Å². The van der Waals surface area contributed by atoms with Gasteiger partial charge in [0.2, 0.25) is 0 Å². The molecule has 1 heterocycles. The lowest BCUT2D eigenvalue weighted by Crippen LogP contribution is -2.52. The Morgan fingerprint density at radius 2 is 0.838 bits per heavy atom. The lowest BCUT2D eigenvalue weighted by molar-refractivity contribution is -0.252. The quantitative estimate of drug-likeness (QED) is 0.266. The molecule has 11 heteroatoms. The molecule has 0 aromatic heterocycles. The molecule has 0 spiro atoms. The zero-order valence-electron chi connectivity index (χ0n) is 19.4. The van der Waals surface area contributed by atoms with Crippen LogP contribution in [0.2, 0.25) is 0 Å². The van der Waals surface area contributed by atoms with Crippen molar-refractivity contribution in [3.63, 3.8) is 0 Å². The van der Waals surface area contributed by atoms with Crippen molar-refractivity contribution in [3.8, 4) is 0 Å². The van der Waals surface area contributed by atoms with Crippen LogP contribution in [-0.4, -0.2) is 84.9 Å². The normalized spacial score (nSPS) is 19.8. The van der Waals surface area contributed by atoms with Gasteiger partial charge < -0.3 is 40.5 Å². The summed E-state index contributed by atoms with van der Waals surface area (Å²) < 4.78 is 4.47. The summed E-state index contributed by atoms with van der Waals surface area (Å²) in [5, 5.41) is 60.4. The smallest absolute Gasteiger partial charge is 0.335 e. The predicted molar refractivity (Wildman–Crippen MR) is 130 cm³/mol. The summed E-state index contributed by atoms with van der Waals surface area (Å²) in [6.45, 7) is -0.153. The van der Waals surface area contributed by atoms with Crippen LogP contribution in [0.5, 0.6) is 0 Å². The number of aromatic carboxylic acids is 3. The summed E-state index contributed by atoms with van der Waals surface area (Å²) in [5.74, 6) is -2.64. The lowest BCUT2D eigenvalue weighted by Gasteiger charge is -2.31. The van der Waals surface area contributed by atoms with Crippen molar-refractivity contribution in [2.45, 2.75) is 24.6 Å². The average molecular weight is 516 g/mol. The summed E-state index contributed by atoms with van der Waals surface area (Å²) in [4.78, 5) is 30.6. The molecular weight excluding hydrogens is 488 g/mol. The number of carboxylic acid groups (broad SMARTS) is 3. The highest BCUT2D eigenvalue weighted by Crippen LogP contribution is 2.12. The fourth-order valence-electron chi connectivity index (χ4n) is 2.53. The number of rotatable bonds is 3. The number of hydrogen-bond acceptors (Lipinski definition) is 8. The molecule has 1 fully saturated rings. The van der Waals surface area contributed by atoms with Gasteiger partial charge in [0.25, 0.3) is 0 Å². The molecule has 7 N–H and O–H groups in total. The van der Waals surface area contributed by atoms with Gasteiger partial charge in [-0.3, -0.25) is 0 Å². The highest BCUT2D eigenvalue weighted by molar-refractivity contribution is 5.88. The second kappa shape index (κ2) is 16.5. The molecule has 1 saturated heterocycles. The second-order valence-corrected chi connectivity index (χ2v) is 7.29. The van der Waals surface area contributed by atoms with Gasteiger partial charge in [-0.15, -0.1) is 0 Å². The Morgan fingerprint density at radius 1 is 0.541 bits per heavy atom. The third kappa shape index (κ3) is 11.9. The topological polar surface area (TPSA) is 202 Å². The summed E-state index contributed by atoms with van der Waals surface area (Å²) in [7, 11) is 0. The average Bonchev–Trinajstić information content (AvgIpc) is 2.92. The van der Waals surface area contributed by atoms with Crippen LogP contribution in [0.3, 0.4) is 0 Å². The Kier molecular flexibility index (Phi) is 13.8. The van der Waals surface area contributed by atoms with E-state index in [1.54, 1.807) is 91.0 Å². The SMILES string of the molecule is O=C(O)c1ccccc1.O=C(O)c1ccccc1.O=C(O)c1ccccc1.O[C@@H]1[C@@H](O)[C@H](O)OC[C@H]1O. The van der Waals surface area contributed by atoms with E-state index < -0.39 is 42.5 Å². The number of benzene rings is 3. The minimum absolute atomic E-state index is 0.153. The van der Waals surface area contributed by atoms with Gasteiger partial charge in [0, 0.05) is 0 Å². The Hall–Kier alpha value is -4.13. The standard InChI is InChI=1S/3C7H6O2.C5H10O5/c3*8-7(9)6-4-2-1-3-5-6;6-2-1-10-5(9)4(8)3(2)7/h3*1-5H,(H,8,9);2-9H,1H2/t;;;2-,3+,4-,5-/m...1/s1. The molecule has 198 valence electrons. The minimum Gasteiger partial charge on any atom is -0.478 e. The first-order valence-electron chi connectivity index (χ1n) is 10.7. The number of carboxylic acids is 3. The van der Waals surface area contributed by atoms with Crippen LogP contribution in [0.15, 0.2) is 91.0 Å². The summed E-state index contributed by atoms with van der Waals surface area (Å²) in [6.07, 6.45) is -5.23. The molecule has 4 rings (SSSR count). The molecule has 11 nitrogen and oxygen atoms in total. The van der Waals surface area contributed by atoms with Crippen LogP contribution in [0, 0.1) is 0 Å². The monoisotopic (exact) mass is 516 g/mol. The van der Waals surface area contributed by atoms with Crippen molar-refractivity contribution < 1.29 is 54.9 Å². The van der Waals surface area contributed by atoms with Crippen LogP contribution in [0.25, 0.3) is 0 Å². The van der Waals surface area contributed by atoms with E-state index >= 15 is 0 Å². The van der Waals surface area contributed by atoms with E-state index in [1.165, 1.54) is 0 Å². The van der Waals surface area contributed by atoms with Gasteiger partial charge in [-0.05, 0) is 36.4 Å². The van der Waals surface area contributed by atoms with E-state index in [0.29, 0.717) is 16.7 Å². The van der Waals surface area contributed by atoms with Crippen molar-refractivity contribution >= 4 is 17.9 Å². The first kappa shape index (κ1) is 30.9. The van der Waals surface area contributed by atoms with Crippen LogP contribution in [0.1, 0.15) is 31.1 Å². The molecule has 3 aromatic rings. The Balaban J connectivity index is 0.000000247. The Labute approximate surface area is 212 Å². The maximum absolute atomic E-state index is 10.2. The predicted octanol–water partition coefficient (Wildman–Crippen LogP) is 1.57. The summed E-state index contributed by atoms with van der Waals surface area (Å²) >= 11 is 0. The second-order valence-electron chi connectivity index (χ2n) is 7.29. The summed E-state index contributed by atoms with van der Waals surface area (Å²) in [5.41, 5.74) is 0.993. The van der Waals surface area contributed by atoms with Crippen LogP contribution < -0.4 is 0 Å². The molecule has 0 bridgehead atoms. The molecule has 1 aliphatic heterocycles. The van der Waals surface area contributed by atoms with Gasteiger partial charge in [0.05, 0.1) is 23.3 Å². The largest absolute Gasteiger partial charge is 0.478 e. The van der Waals surface area contributed by atoms with Crippen molar-refractivity contribution in [1.82, 2.24) is 0 Å². The molecular formula is C26H28O11. The Bertz CT molecular complexity index is 944. The fraction of sp³-hybridized carbons (Fsp3) is 0.192. The molecule has 37 heavy (non-hydrogen) atoms. The molecule has 3 aromatic carbocycles. The number of hydrogen-bond donors (Lipinski definition) is 7. The van der Waals surface area contributed by atoms with E-state index in [0.717, 1.165) is 0 Å². The molecule has 1 aliphatic rings. The highest BCUT2D eigenvalue weighted by Gasteiger charge is 2.36. The first-order valence-corrected chi connectivity index (χ1v) is 10.7. The van der Waals surface area contributed by atoms with E-state index in [4.69, 9.17) is 35.7 Å². The number of aliphatic hydroxyl groups excluding tert-OH is 4. The van der Waals surface area contributed by atoms with Crippen molar-refractivity contribution in [2.24, 2.45) is 0 Å². The maximum Gasteiger partial charge on any atom is 0.335 e. The zero-order chi connectivity index (χ0) is 27.8. The van der Waals surface area contributed by atoms with Crippen LogP contribution >= 0.6 is 0 Å². The van der Waals surface area contributed by atoms with Gasteiger partial charge >= 0.3 is 17.9 Å². The highest BCUT2D eigenvalue weighted by atomic mass is 16.6. The van der Waals surface area contributed by atoms with Gasteiger partial charge in [0.1, 0.15) is 18.3 Å². The van der Waals surface area contributed by atoms with E-state index in [1.807, 2.05) is 0 Å². The molecule has 0 amide bonds. The third-order valence-electron chi connectivity index (χ3n) is 4.54. The zero-order valence-corrected chi connectivity index (χ0v) is 19.4. The Morgan fingerprint density at radius 3 is 1.05 bits per heavy atom. The van der Waals surface area contributed by atoms with Gasteiger partial charge in [0.15, 0.2) is 6.29 Å². The number of aliphatic hydroxyl groups is 4. The maximum atomic E-state index is 10.2. The van der Waals surface area contributed by atoms with Crippen molar-refractivity contribution in [2.75, 3.05) is 6.61 Å². The van der Waals surface area contributed by atoms with Crippen molar-refractivity contribution in [1.29, 1.82) is 0 Å². The molecule has 4 atom stereocenters. The first-order chi connectivity index (χ1) is 17.5. The summed E-state index contributed by atoms with van der Waals surface area (Å²) in [6, 6.07) is 24.9. The number of ether oxygens (including phenoxy) is 1. The lowest BCUT2D eigenvalue weighted by atomic mass is 10.1. The van der Waals surface area contributed by atoms with E-state index in [2.05, 4.69) is 4.74 Å². The van der Waals surface area contributed by atoms with Crippen LogP contribution in [0.4, 0.5) is 0 Å². The minimum atomic E-state index is -1.41. The fourth-order valence-corrected chi connectivity index (χ4v) is 2.53. The van der Waals surface area contributed by atoms with Crippen molar-refractivity contribution in [3.05, 3.63) is 108 Å². The molecule has 0 unspecified atom stereocenters. The molecule has 0 saturated carbocycles. The molecule has 0 aliphatic carbocycles. The number of carbonyl (C=O) groups is 3. The van der Waals surface area contributed by atoms with E-state index in [-0.39, 0.29) is 6.61 Å². The van der Waals surface area contributed by atoms with Gasteiger partial charge in [-0.1, -0.05) is 54.6 Å². The van der Waals surface area contributed by atoms with Gasteiger partial charge in [-0.25, -0.2) is 14.4 Å². The van der Waals surface area contributed by atoms with E-state index in [9.17, 15) is 14.4 Å².